The lowest BCUT2D eigenvalue weighted by atomic mass is 9.91. The fourth-order valence-electron chi connectivity index (χ4n) is 3.93. The van der Waals surface area contributed by atoms with E-state index in [4.69, 9.17) is 9.47 Å². The summed E-state index contributed by atoms with van der Waals surface area (Å²) in [6, 6.07) is 20.3. The lowest BCUT2D eigenvalue weighted by molar-refractivity contribution is -0.385. The summed E-state index contributed by atoms with van der Waals surface area (Å²) in [7, 11) is 1.62. The van der Waals surface area contributed by atoms with Gasteiger partial charge in [0.25, 0.3) is 5.91 Å². The molecule has 8 nitrogen and oxygen atoms in total. The van der Waals surface area contributed by atoms with Crippen LogP contribution in [0.1, 0.15) is 22.6 Å². The number of H-pyrrole nitrogens is 1. The summed E-state index contributed by atoms with van der Waals surface area (Å²) >= 11 is 0. The van der Waals surface area contributed by atoms with Crippen LogP contribution in [0.5, 0.6) is 11.5 Å². The van der Waals surface area contributed by atoms with Gasteiger partial charge in [-0.2, -0.15) is 0 Å². The number of hydrogen-bond donors (Lipinski definition) is 2. The number of nitro benzene ring substituents is 1. The first-order valence-electron chi connectivity index (χ1n) is 10.8. The Kier molecular flexibility index (Phi) is 6.77. The topological polar surface area (TPSA) is 106 Å². The number of carbonyl (C=O) groups is 1. The number of aromatic amines is 1. The molecule has 2 N–H and O–H groups in total. The summed E-state index contributed by atoms with van der Waals surface area (Å²) < 4.78 is 10.7. The van der Waals surface area contributed by atoms with Crippen molar-refractivity contribution in [1.82, 2.24) is 10.3 Å². The Bertz CT molecular complexity index is 1310. The van der Waals surface area contributed by atoms with Crippen molar-refractivity contribution in [3.8, 4) is 11.5 Å². The average Bonchev–Trinajstić information content (AvgIpc) is 3.27. The Morgan fingerprint density at radius 2 is 1.88 bits per heavy atom. The summed E-state index contributed by atoms with van der Waals surface area (Å²) in [5.41, 5.74) is 3.65. The van der Waals surface area contributed by atoms with Crippen LogP contribution in [0.25, 0.3) is 10.9 Å². The highest BCUT2D eigenvalue weighted by molar-refractivity contribution is 5.84. The molecular formula is C26H25N3O5. The lowest BCUT2D eigenvalue weighted by Gasteiger charge is -2.19. The van der Waals surface area contributed by atoms with Crippen molar-refractivity contribution in [2.75, 3.05) is 20.3 Å². The van der Waals surface area contributed by atoms with E-state index >= 15 is 0 Å². The number of hydrogen-bond acceptors (Lipinski definition) is 5. The van der Waals surface area contributed by atoms with E-state index in [1.165, 1.54) is 12.1 Å². The molecule has 1 aromatic heterocycles. The maximum Gasteiger partial charge on any atom is 0.311 e. The van der Waals surface area contributed by atoms with Gasteiger partial charge in [-0.3, -0.25) is 14.9 Å². The Morgan fingerprint density at radius 3 is 2.62 bits per heavy atom. The predicted molar refractivity (Wildman–Crippen MR) is 129 cm³/mol. The Hall–Kier alpha value is -4.33. The molecule has 0 aliphatic heterocycles. The zero-order valence-electron chi connectivity index (χ0n) is 18.9. The number of nitrogens with one attached hydrogen (secondary N) is 2. The molecule has 0 aliphatic rings. The third-order valence-corrected chi connectivity index (χ3v) is 5.69. The van der Waals surface area contributed by atoms with Crippen molar-refractivity contribution < 1.29 is 19.2 Å². The monoisotopic (exact) mass is 459 g/mol. The first kappa shape index (κ1) is 22.8. The van der Waals surface area contributed by atoms with Gasteiger partial charge in [0, 0.05) is 35.6 Å². The smallest absolute Gasteiger partial charge is 0.311 e. The van der Waals surface area contributed by atoms with E-state index in [0.717, 1.165) is 33.3 Å². The number of benzene rings is 3. The number of aryl methyl sites for hydroxylation is 1. The number of carbonyl (C=O) groups excluding carboxylic acids is 1. The first-order chi connectivity index (χ1) is 16.5. The second-order valence-electron chi connectivity index (χ2n) is 7.94. The summed E-state index contributed by atoms with van der Waals surface area (Å²) in [5, 5.41) is 15.3. The average molecular weight is 460 g/mol. The van der Waals surface area contributed by atoms with Gasteiger partial charge in [0.05, 0.1) is 12.0 Å². The minimum Gasteiger partial charge on any atom is -0.497 e. The molecule has 0 bridgehead atoms. The van der Waals surface area contributed by atoms with Gasteiger partial charge in [-0.05, 0) is 47.9 Å². The van der Waals surface area contributed by atoms with E-state index < -0.39 is 4.92 Å². The summed E-state index contributed by atoms with van der Waals surface area (Å²) in [5.74, 6) is 0.320. The van der Waals surface area contributed by atoms with Crippen LogP contribution in [-0.2, 0) is 4.79 Å². The summed E-state index contributed by atoms with van der Waals surface area (Å²) in [6.07, 6.45) is 1.96. The normalized spacial score (nSPS) is 11.7. The minimum atomic E-state index is -0.517. The molecule has 0 saturated carbocycles. The van der Waals surface area contributed by atoms with Crippen LogP contribution >= 0.6 is 0 Å². The van der Waals surface area contributed by atoms with E-state index in [2.05, 4.69) is 10.3 Å². The molecule has 3 aromatic carbocycles. The second kappa shape index (κ2) is 10.1. The zero-order valence-corrected chi connectivity index (χ0v) is 18.9. The van der Waals surface area contributed by atoms with Gasteiger partial charge in [-0.1, -0.05) is 36.4 Å². The van der Waals surface area contributed by atoms with E-state index in [-0.39, 0.29) is 29.9 Å². The van der Waals surface area contributed by atoms with E-state index in [0.29, 0.717) is 6.54 Å². The largest absolute Gasteiger partial charge is 0.497 e. The SMILES string of the molecule is COc1ccc(C(CNC(=O)COc2ccc(C)cc2[N+](=O)[O-])c2c[nH]c3ccccc23)cc1. The number of rotatable bonds is 9. The fourth-order valence-corrected chi connectivity index (χ4v) is 3.93. The van der Waals surface area contributed by atoms with E-state index in [1.54, 1.807) is 20.1 Å². The molecule has 0 aliphatic carbocycles. The van der Waals surface area contributed by atoms with Crippen LogP contribution in [0.2, 0.25) is 0 Å². The van der Waals surface area contributed by atoms with Gasteiger partial charge in [-0.15, -0.1) is 0 Å². The number of amides is 1. The van der Waals surface area contributed by atoms with Crippen molar-refractivity contribution in [2.24, 2.45) is 0 Å². The van der Waals surface area contributed by atoms with Crippen LogP contribution in [0, 0.1) is 17.0 Å². The number of para-hydroxylation sites is 1. The molecule has 34 heavy (non-hydrogen) atoms. The molecule has 1 heterocycles. The van der Waals surface area contributed by atoms with Gasteiger partial charge in [0.15, 0.2) is 12.4 Å². The maximum atomic E-state index is 12.6. The number of nitrogens with zero attached hydrogens (tertiary/aromatic N) is 1. The number of ether oxygens (including phenoxy) is 2. The molecular weight excluding hydrogens is 434 g/mol. The molecule has 0 fully saturated rings. The Morgan fingerprint density at radius 1 is 1.12 bits per heavy atom. The highest BCUT2D eigenvalue weighted by atomic mass is 16.6. The standard InChI is InChI=1S/C26H25N3O5/c1-17-7-12-25(24(13-17)29(31)32)34-16-26(30)28-14-21(18-8-10-19(33-2)11-9-18)22-15-27-23-6-4-3-5-20(22)23/h3-13,15,21,27H,14,16H2,1-2H3,(H,28,30). The number of fused-ring (bicyclic) bond motifs is 1. The lowest BCUT2D eigenvalue weighted by Crippen LogP contribution is -2.32. The van der Waals surface area contributed by atoms with Gasteiger partial charge in [0.1, 0.15) is 5.75 Å². The van der Waals surface area contributed by atoms with Crippen molar-refractivity contribution in [3.05, 3.63) is 99.7 Å². The quantitative estimate of drug-likeness (QED) is 0.278. The minimum absolute atomic E-state index is 0.0640. The van der Waals surface area contributed by atoms with Crippen molar-refractivity contribution >= 4 is 22.5 Å². The predicted octanol–water partition coefficient (Wildman–Crippen LogP) is 4.72. The first-order valence-corrected chi connectivity index (χ1v) is 10.8. The molecule has 0 radical (unpaired) electrons. The third-order valence-electron chi connectivity index (χ3n) is 5.69. The maximum absolute atomic E-state index is 12.6. The highest BCUT2D eigenvalue weighted by Gasteiger charge is 2.20. The van der Waals surface area contributed by atoms with Crippen molar-refractivity contribution in [3.63, 3.8) is 0 Å². The van der Waals surface area contributed by atoms with Crippen LogP contribution in [0.4, 0.5) is 5.69 Å². The molecule has 1 unspecified atom stereocenters. The molecule has 174 valence electrons. The molecule has 0 saturated heterocycles. The summed E-state index contributed by atoms with van der Waals surface area (Å²) in [4.78, 5) is 26.7. The van der Waals surface area contributed by atoms with Gasteiger partial charge < -0.3 is 19.8 Å². The van der Waals surface area contributed by atoms with Crippen LogP contribution in [0.15, 0.2) is 72.9 Å². The molecule has 0 spiro atoms. The van der Waals surface area contributed by atoms with E-state index in [1.807, 2.05) is 54.7 Å². The highest BCUT2D eigenvalue weighted by Crippen LogP contribution is 2.31. The fraction of sp³-hybridized carbons (Fsp3) is 0.192. The number of nitro groups is 1. The zero-order chi connectivity index (χ0) is 24.1. The Labute approximate surface area is 196 Å². The third kappa shape index (κ3) is 5.01. The van der Waals surface area contributed by atoms with Crippen molar-refractivity contribution in [1.29, 1.82) is 0 Å². The van der Waals surface area contributed by atoms with Crippen LogP contribution in [-0.4, -0.2) is 36.1 Å². The van der Waals surface area contributed by atoms with E-state index in [9.17, 15) is 14.9 Å². The Balaban J connectivity index is 1.51. The van der Waals surface area contributed by atoms with Crippen LogP contribution in [0.3, 0.4) is 0 Å². The van der Waals surface area contributed by atoms with Gasteiger partial charge >= 0.3 is 5.69 Å². The summed E-state index contributed by atoms with van der Waals surface area (Å²) in [6.45, 7) is 1.76. The molecule has 1 amide bonds. The van der Waals surface area contributed by atoms with Crippen molar-refractivity contribution in [2.45, 2.75) is 12.8 Å². The van der Waals surface area contributed by atoms with Gasteiger partial charge in [0.2, 0.25) is 0 Å². The molecule has 4 rings (SSSR count). The van der Waals surface area contributed by atoms with Gasteiger partial charge in [-0.25, -0.2) is 0 Å². The molecule has 8 heteroatoms. The molecule has 4 aromatic rings. The number of methoxy groups -OCH3 is 1. The van der Waals surface area contributed by atoms with Crippen LogP contribution < -0.4 is 14.8 Å². The molecule has 1 atom stereocenters. The second-order valence-corrected chi connectivity index (χ2v) is 7.94. The number of aromatic nitrogens is 1.